The maximum atomic E-state index is 11.1. The molecule has 0 amide bonds. The van der Waals surface area contributed by atoms with Gasteiger partial charge in [0.1, 0.15) is 0 Å². The Hall–Kier alpha value is -0.650. The van der Waals surface area contributed by atoms with Crippen LogP contribution in [0.15, 0.2) is 10.2 Å². The highest BCUT2D eigenvalue weighted by atomic mass is 32.1. The molecule has 0 spiro atoms. The lowest BCUT2D eigenvalue weighted by Crippen LogP contribution is -2.59. The highest BCUT2D eigenvalue weighted by Gasteiger charge is 2.43. The third-order valence-corrected chi connectivity index (χ3v) is 4.67. The molecule has 1 atom stereocenters. The van der Waals surface area contributed by atoms with Crippen molar-refractivity contribution in [3.8, 4) is 0 Å². The first-order valence-corrected chi connectivity index (χ1v) is 7.18. The Morgan fingerprint density at radius 2 is 2.41 bits per heavy atom. The minimum absolute atomic E-state index is 0.0556. The van der Waals surface area contributed by atoms with Crippen molar-refractivity contribution in [2.24, 2.45) is 5.92 Å². The van der Waals surface area contributed by atoms with E-state index in [4.69, 9.17) is 0 Å². The predicted molar refractivity (Wildman–Crippen MR) is 69.3 cm³/mol. The third kappa shape index (κ3) is 2.46. The number of aromatic nitrogens is 1. The van der Waals surface area contributed by atoms with Gasteiger partial charge in [0.25, 0.3) is 0 Å². The molecule has 3 rings (SSSR count). The summed E-state index contributed by atoms with van der Waals surface area (Å²) in [6.45, 7) is 6.44. The fourth-order valence-corrected chi connectivity index (χ4v) is 3.43. The number of hydrogen-bond donors (Lipinski definition) is 2. The molecule has 2 heterocycles. The van der Waals surface area contributed by atoms with Gasteiger partial charge in [-0.2, -0.15) is 0 Å². The molecule has 2 fully saturated rings. The quantitative estimate of drug-likeness (QED) is 0.845. The molecule has 2 N–H and O–H groups in total. The van der Waals surface area contributed by atoms with Gasteiger partial charge >= 0.3 is 4.87 Å². The largest absolute Gasteiger partial charge is 0.315 e. The number of H-pyrrole nitrogens is 1. The van der Waals surface area contributed by atoms with E-state index in [1.807, 2.05) is 5.38 Å². The van der Waals surface area contributed by atoms with E-state index in [1.54, 1.807) is 0 Å². The SMILES string of the molecule is CC1(C2CC2)CN(Cc2csc(=O)[nH]2)CCN1. The molecule has 94 valence electrons. The summed E-state index contributed by atoms with van der Waals surface area (Å²) in [6, 6.07) is 0. The van der Waals surface area contributed by atoms with E-state index in [0.29, 0.717) is 0 Å². The van der Waals surface area contributed by atoms with Gasteiger partial charge in [-0.3, -0.25) is 9.69 Å². The van der Waals surface area contributed by atoms with Crippen molar-refractivity contribution in [3.05, 3.63) is 20.7 Å². The van der Waals surface area contributed by atoms with Gasteiger partial charge in [-0.25, -0.2) is 0 Å². The minimum Gasteiger partial charge on any atom is -0.315 e. The lowest BCUT2D eigenvalue weighted by Gasteiger charge is -2.41. The number of rotatable bonds is 3. The van der Waals surface area contributed by atoms with Crippen molar-refractivity contribution in [1.82, 2.24) is 15.2 Å². The summed E-state index contributed by atoms with van der Waals surface area (Å²) in [4.78, 5) is 16.5. The van der Waals surface area contributed by atoms with Gasteiger partial charge in [0.2, 0.25) is 0 Å². The van der Waals surface area contributed by atoms with E-state index in [0.717, 1.165) is 37.8 Å². The van der Waals surface area contributed by atoms with Crippen LogP contribution in [0.5, 0.6) is 0 Å². The second kappa shape index (κ2) is 4.23. The molecular formula is C12H19N3OS. The molecule has 17 heavy (non-hydrogen) atoms. The summed E-state index contributed by atoms with van der Waals surface area (Å²) in [5, 5.41) is 5.61. The summed E-state index contributed by atoms with van der Waals surface area (Å²) >= 11 is 1.26. The summed E-state index contributed by atoms with van der Waals surface area (Å²) < 4.78 is 0. The molecule has 0 bridgehead atoms. The molecule has 0 radical (unpaired) electrons. The summed E-state index contributed by atoms with van der Waals surface area (Å²) in [6.07, 6.45) is 2.74. The van der Waals surface area contributed by atoms with Crippen LogP contribution < -0.4 is 10.2 Å². The fraction of sp³-hybridized carbons (Fsp3) is 0.750. The van der Waals surface area contributed by atoms with Crippen LogP contribution in [-0.4, -0.2) is 35.1 Å². The van der Waals surface area contributed by atoms with Crippen LogP contribution in [0.2, 0.25) is 0 Å². The number of thiazole rings is 1. The van der Waals surface area contributed by atoms with E-state index >= 15 is 0 Å². The molecule has 2 aliphatic rings. The lowest BCUT2D eigenvalue weighted by atomic mass is 9.93. The van der Waals surface area contributed by atoms with Crippen molar-refractivity contribution in [1.29, 1.82) is 0 Å². The minimum atomic E-state index is 0.0556. The van der Waals surface area contributed by atoms with Gasteiger partial charge in [-0.15, -0.1) is 0 Å². The van der Waals surface area contributed by atoms with Gasteiger partial charge in [0.05, 0.1) is 0 Å². The van der Waals surface area contributed by atoms with Crippen LogP contribution in [0, 0.1) is 5.92 Å². The molecule has 0 aromatic carbocycles. The molecular weight excluding hydrogens is 234 g/mol. The van der Waals surface area contributed by atoms with Crippen molar-refractivity contribution in [3.63, 3.8) is 0 Å². The van der Waals surface area contributed by atoms with E-state index in [1.165, 1.54) is 24.2 Å². The summed E-state index contributed by atoms with van der Waals surface area (Å²) in [5.41, 5.74) is 1.34. The van der Waals surface area contributed by atoms with Crippen molar-refractivity contribution >= 4 is 11.3 Å². The number of nitrogens with zero attached hydrogens (tertiary/aromatic N) is 1. The predicted octanol–water partition coefficient (Wildman–Crippen LogP) is 1.01. The first-order valence-electron chi connectivity index (χ1n) is 6.30. The number of hydrogen-bond acceptors (Lipinski definition) is 4. The third-order valence-electron chi connectivity index (χ3n) is 3.95. The first-order chi connectivity index (χ1) is 8.16. The Bertz CT molecular complexity index is 451. The Labute approximate surface area is 105 Å². The molecule has 1 saturated heterocycles. The van der Waals surface area contributed by atoms with E-state index in [2.05, 4.69) is 22.1 Å². The molecule has 1 aromatic rings. The van der Waals surface area contributed by atoms with Gasteiger partial charge in [-0.1, -0.05) is 11.3 Å². The monoisotopic (exact) mass is 253 g/mol. The Morgan fingerprint density at radius 3 is 3.06 bits per heavy atom. The topological polar surface area (TPSA) is 48.1 Å². The zero-order chi connectivity index (χ0) is 11.9. The molecule has 5 heteroatoms. The zero-order valence-electron chi connectivity index (χ0n) is 10.2. The van der Waals surface area contributed by atoms with Crippen LogP contribution in [0.4, 0.5) is 0 Å². The van der Waals surface area contributed by atoms with Crippen LogP contribution >= 0.6 is 11.3 Å². The molecule has 1 aliphatic carbocycles. The normalized spacial score (nSPS) is 30.6. The zero-order valence-corrected chi connectivity index (χ0v) is 11.0. The van der Waals surface area contributed by atoms with Crippen LogP contribution in [0.25, 0.3) is 0 Å². The van der Waals surface area contributed by atoms with E-state index < -0.39 is 0 Å². The van der Waals surface area contributed by atoms with Crippen molar-refractivity contribution in [2.75, 3.05) is 19.6 Å². The Morgan fingerprint density at radius 1 is 1.59 bits per heavy atom. The number of piperazine rings is 1. The fourth-order valence-electron chi connectivity index (χ4n) is 2.86. The molecule has 1 aliphatic heterocycles. The maximum Gasteiger partial charge on any atom is 0.304 e. The first kappa shape index (κ1) is 11.4. The second-order valence-corrected chi connectivity index (χ2v) is 6.34. The van der Waals surface area contributed by atoms with Crippen LogP contribution in [-0.2, 0) is 6.54 Å². The van der Waals surface area contributed by atoms with Gasteiger partial charge in [-0.05, 0) is 25.7 Å². The highest BCUT2D eigenvalue weighted by Crippen LogP contribution is 2.40. The van der Waals surface area contributed by atoms with E-state index in [-0.39, 0.29) is 10.4 Å². The Balaban J connectivity index is 1.65. The summed E-state index contributed by atoms with van der Waals surface area (Å²) in [7, 11) is 0. The lowest BCUT2D eigenvalue weighted by molar-refractivity contribution is 0.120. The second-order valence-electron chi connectivity index (χ2n) is 5.50. The average molecular weight is 253 g/mol. The van der Waals surface area contributed by atoms with Gasteiger partial charge in [0.15, 0.2) is 0 Å². The van der Waals surface area contributed by atoms with Crippen LogP contribution in [0.1, 0.15) is 25.5 Å². The standard InChI is InChI=1S/C12H19N3OS/c1-12(9-2-3-9)8-15(5-4-13-12)6-10-7-17-11(16)14-10/h7,9,13H,2-6,8H2,1H3,(H,14,16). The summed E-state index contributed by atoms with van der Waals surface area (Å²) in [5.74, 6) is 0.854. The maximum absolute atomic E-state index is 11.1. The molecule has 1 aromatic heterocycles. The highest BCUT2D eigenvalue weighted by molar-refractivity contribution is 7.07. The number of nitrogens with one attached hydrogen (secondary N) is 2. The average Bonchev–Trinajstić information content (AvgIpc) is 3.05. The van der Waals surface area contributed by atoms with Crippen molar-refractivity contribution in [2.45, 2.75) is 31.8 Å². The van der Waals surface area contributed by atoms with Crippen molar-refractivity contribution < 1.29 is 0 Å². The van der Waals surface area contributed by atoms with Gasteiger partial charge < -0.3 is 10.3 Å². The van der Waals surface area contributed by atoms with Gasteiger partial charge in [0, 0.05) is 42.8 Å². The molecule has 4 nitrogen and oxygen atoms in total. The Kier molecular flexibility index (Phi) is 2.84. The molecule has 1 unspecified atom stereocenters. The molecule has 1 saturated carbocycles. The van der Waals surface area contributed by atoms with E-state index in [9.17, 15) is 4.79 Å². The number of aromatic amines is 1. The smallest absolute Gasteiger partial charge is 0.304 e. The van der Waals surface area contributed by atoms with Crippen LogP contribution in [0.3, 0.4) is 0 Å².